The molecule has 2 aromatic heterocycles. The van der Waals surface area contributed by atoms with Crippen LogP contribution in [0.15, 0.2) is 54.1 Å². The number of fused-ring (bicyclic) bond motifs is 1. The van der Waals surface area contributed by atoms with E-state index in [0.29, 0.717) is 31.4 Å². The Morgan fingerprint density at radius 3 is 2.77 bits per heavy atom. The molecule has 1 aromatic carbocycles. The number of carbonyl (C=O) groups is 1. The van der Waals surface area contributed by atoms with Crippen molar-refractivity contribution in [2.45, 2.75) is 4.90 Å². The van der Waals surface area contributed by atoms with Crippen LogP contribution in [-0.4, -0.2) is 61.0 Å². The molecule has 0 atom stereocenters. The summed E-state index contributed by atoms with van der Waals surface area (Å²) < 4.78 is 35.1. The maximum absolute atomic E-state index is 13.3. The van der Waals surface area contributed by atoms with Crippen LogP contribution < -0.4 is 4.90 Å². The Morgan fingerprint density at radius 2 is 2.07 bits per heavy atom. The van der Waals surface area contributed by atoms with Gasteiger partial charge < -0.3 is 9.30 Å². The van der Waals surface area contributed by atoms with Gasteiger partial charge in [-0.3, -0.25) is 9.69 Å². The van der Waals surface area contributed by atoms with Crippen molar-refractivity contribution in [2.24, 2.45) is 7.05 Å². The Kier molecular flexibility index (Phi) is 5.74. The van der Waals surface area contributed by atoms with Crippen LogP contribution in [0.4, 0.5) is 5.13 Å². The van der Waals surface area contributed by atoms with E-state index in [1.54, 1.807) is 17.7 Å². The fourth-order valence-corrected chi connectivity index (χ4v) is 5.77. The van der Waals surface area contributed by atoms with E-state index >= 15 is 0 Å². The second-order valence-corrected chi connectivity index (χ2v) is 9.80. The van der Waals surface area contributed by atoms with E-state index < -0.39 is 10.0 Å². The molecule has 1 aliphatic rings. The largest absolute Gasteiger partial charge is 0.379 e. The molecule has 3 heterocycles. The minimum atomic E-state index is -3.69. The Labute approximate surface area is 179 Å². The van der Waals surface area contributed by atoms with Crippen molar-refractivity contribution in [2.75, 3.05) is 37.7 Å². The lowest BCUT2D eigenvalue weighted by Gasteiger charge is -2.25. The van der Waals surface area contributed by atoms with Crippen molar-refractivity contribution in [3.8, 4) is 0 Å². The van der Waals surface area contributed by atoms with Crippen LogP contribution in [0.1, 0.15) is 10.5 Å². The zero-order valence-electron chi connectivity index (χ0n) is 16.5. The SMILES string of the molecule is C=CCN(C(=O)c1cc(S(=O)(=O)N2CCOCC2)cn1C)c1nc2ccccc2s1. The molecule has 0 saturated carbocycles. The minimum Gasteiger partial charge on any atom is -0.379 e. The zero-order chi connectivity index (χ0) is 21.3. The number of anilines is 1. The van der Waals surface area contributed by atoms with Gasteiger partial charge in [0.2, 0.25) is 10.0 Å². The molecule has 0 N–H and O–H groups in total. The number of hydrogen-bond donors (Lipinski definition) is 0. The first-order valence-electron chi connectivity index (χ1n) is 9.44. The molecule has 3 aromatic rings. The van der Waals surface area contributed by atoms with Crippen LogP contribution in [0.25, 0.3) is 10.2 Å². The van der Waals surface area contributed by atoms with E-state index in [4.69, 9.17) is 4.74 Å². The lowest BCUT2D eigenvalue weighted by Crippen LogP contribution is -2.40. The average molecular weight is 447 g/mol. The second kappa shape index (κ2) is 8.31. The Morgan fingerprint density at radius 1 is 1.33 bits per heavy atom. The van der Waals surface area contributed by atoms with Crippen LogP contribution in [0.5, 0.6) is 0 Å². The van der Waals surface area contributed by atoms with E-state index in [1.807, 2.05) is 24.3 Å². The van der Waals surface area contributed by atoms with Gasteiger partial charge >= 0.3 is 0 Å². The highest BCUT2D eigenvalue weighted by Gasteiger charge is 2.30. The fraction of sp³-hybridized carbons (Fsp3) is 0.300. The molecule has 158 valence electrons. The second-order valence-electron chi connectivity index (χ2n) is 6.86. The number of amides is 1. The van der Waals surface area contributed by atoms with Gasteiger partial charge in [0, 0.05) is 32.9 Å². The molecule has 4 rings (SSSR count). The summed E-state index contributed by atoms with van der Waals surface area (Å²) in [7, 11) is -2.03. The van der Waals surface area contributed by atoms with Crippen LogP contribution in [0.3, 0.4) is 0 Å². The van der Waals surface area contributed by atoms with E-state index in [2.05, 4.69) is 11.6 Å². The highest BCUT2D eigenvalue weighted by molar-refractivity contribution is 7.89. The highest BCUT2D eigenvalue weighted by atomic mass is 32.2. The number of rotatable bonds is 6. The van der Waals surface area contributed by atoms with Gasteiger partial charge in [-0.25, -0.2) is 13.4 Å². The highest BCUT2D eigenvalue weighted by Crippen LogP contribution is 2.30. The molecule has 30 heavy (non-hydrogen) atoms. The molecule has 10 heteroatoms. The van der Waals surface area contributed by atoms with Crippen molar-refractivity contribution in [1.82, 2.24) is 13.9 Å². The van der Waals surface area contributed by atoms with Crippen molar-refractivity contribution >= 4 is 42.6 Å². The molecule has 1 amide bonds. The third-order valence-electron chi connectivity index (χ3n) is 4.88. The Hall–Kier alpha value is -2.53. The number of carbonyl (C=O) groups excluding carboxylic acids is 1. The maximum Gasteiger partial charge on any atom is 0.277 e. The summed E-state index contributed by atoms with van der Waals surface area (Å²) in [5.41, 5.74) is 1.07. The minimum absolute atomic E-state index is 0.0955. The first kappa shape index (κ1) is 20.7. The molecule has 1 aliphatic heterocycles. The van der Waals surface area contributed by atoms with E-state index in [9.17, 15) is 13.2 Å². The molecule has 1 fully saturated rings. The Balaban J connectivity index is 1.68. The number of aryl methyl sites for hydroxylation is 1. The van der Waals surface area contributed by atoms with Gasteiger partial charge in [-0.2, -0.15) is 4.31 Å². The lowest BCUT2D eigenvalue weighted by atomic mass is 10.3. The average Bonchev–Trinajstić information content (AvgIpc) is 3.36. The van der Waals surface area contributed by atoms with Gasteiger partial charge in [-0.15, -0.1) is 6.58 Å². The summed E-state index contributed by atoms with van der Waals surface area (Å²) in [6, 6.07) is 9.08. The number of benzene rings is 1. The van der Waals surface area contributed by atoms with Gasteiger partial charge in [-0.05, 0) is 18.2 Å². The molecule has 0 spiro atoms. The molecule has 0 radical (unpaired) electrons. The number of hydrogen-bond acceptors (Lipinski definition) is 6. The van der Waals surface area contributed by atoms with Gasteiger partial charge in [0.1, 0.15) is 10.6 Å². The number of nitrogens with zero attached hydrogens (tertiary/aromatic N) is 4. The number of ether oxygens (including phenoxy) is 1. The third-order valence-corrected chi connectivity index (χ3v) is 7.80. The predicted octanol–water partition coefficient (Wildman–Crippen LogP) is 2.49. The summed E-state index contributed by atoms with van der Waals surface area (Å²) in [6.45, 7) is 5.33. The smallest absolute Gasteiger partial charge is 0.277 e. The summed E-state index contributed by atoms with van der Waals surface area (Å²) in [5.74, 6) is -0.333. The monoisotopic (exact) mass is 446 g/mol. The van der Waals surface area contributed by atoms with Crippen molar-refractivity contribution in [3.63, 3.8) is 0 Å². The topological polar surface area (TPSA) is 84.7 Å². The first-order chi connectivity index (χ1) is 14.4. The van der Waals surface area contributed by atoms with Gasteiger partial charge in [-0.1, -0.05) is 29.5 Å². The van der Waals surface area contributed by atoms with E-state index in [1.165, 1.54) is 32.8 Å². The fourth-order valence-electron chi connectivity index (χ4n) is 3.31. The lowest BCUT2D eigenvalue weighted by molar-refractivity contribution is 0.0730. The van der Waals surface area contributed by atoms with Gasteiger partial charge in [0.05, 0.1) is 23.4 Å². The molecule has 8 nitrogen and oxygen atoms in total. The van der Waals surface area contributed by atoms with E-state index in [0.717, 1.165) is 10.2 Å². The zero-order valence-corrected chi connectivity index (χ0v) is 18.2. The standard InChI is InChI=1S/C20H22N4O4S2/c1-3-8-24(20-21-16-6-4-5-7-18(16)29-20)19(25)17-13-15(14-22(17)2)30(26,27)23-9-11-28-12-10-23/h3-7,13-14H,1,8-12H2,2H3. The molecule has 0 aliphatic carbocycles. The normalized spacial score (nSPS) is 15.4. The van der Waals surface area contributed by atoms with Crippen LogP contribution in [-0.2, 0) is 21.8 Å². The molecular weight excluding hydrogens is 424 g/mol. The molecule has 0 unspecified atom stereocenters. The van der Waals surface area contributed by atoms with Crippen LogP contribution in [0, 0.1) is 0 Å². The summed E-state index contributed by atoms with van der Waals surface area (Å²) >= 11 is 1.41. The molecule has 0 bridgehead atoms. The molecule has 1 saturated heterocycles. The number of para-hydroxylation sites is 1. The number of thiazole rings is 1. The van der Waals surface area contributed by atoms with Crippen molar-refractivity contribution < 1.29 is 17.9 Å². The maximum atomic E-state index is 13.3. The first-order valence-corrected chi connectivity index (χ1v) is 11.7. The summed E-state index contributed by atoms with van der Waals surface area (Å²) in [5, 5.41) is 0.542. The quantitative estimate of drug-likeness (QED) is 0.543. The number of morpholine rings is 1. The summed E-state index contributed by atoms with van der Waals surface area (Å²) in [4.78, 5) is 19.5. The van der Waals surface area contributed by atoms with Crippen LogP contribution in [0.2, 0.25) is 0 Å². The van der Waals surface area contributed by atoms with Crippen molar-refractivity contribution in [3.05, 3.63) is 54.9 Å². The number of sulfonamides is 1. The van der Waals surface area contributed by atoms with Crippen LogP contribution >= 0.6 is 11.3 Å². The van der Waals surface area contributed by atoms with Gasteiger partial charge in [0.25, 0.3) is 5.91 Å². The number of aromatic nitrogens is 2. The van der Waals surface area contributed by atoms with Gasteiger partial charge in [0.15, 0.2) is 5.13 Å². The third kappa shape index (κ3) is 3.79. The van der Waals surface area contributed by atoms with Crippen molar-refractivity contribution in [1.29, 1.82) is 0 Å². The Bertz CT molecular complexity index is 1160. The van der Waals surface area contributed by atoms with E-state index in [-0.39, 0.29) is 23.0 Å². The summed E-state index contributed by atoms with van der Waals surface area (Å²) in [6.07, 6.45) is 3.10. The molecular formula is C20H22N4O4S2. The predicted molar refractivity (Wildman–Crippen MR) is 116 cm³/mol.